The Labute approximate surface area is 164 Å². The van der Waals surface area contributed by atoms with Crippen LogP contribution in [0.4, 0.5) is 0 Å². The highest BCUT2D eigenvalue weighted by Gasteiger charge is 2.22. The number of ether oxygens (including phenoxy) is 4. The second-order valence-corrected chi connectivity index (χ2v) is 6.62. The molecule has 1 aliphatic rings. The molecule has 1 atom stereocenters. The first-order chi connectivity index (χ1) is 13.6. The summed E-state index contributed by atoms with van der Waals surface area (Å²) in [7, 11) is 3.26. The van der Waals surface area contributed by atoms with Crippen LogP contribution >= 0.6 is 0 Å². The Hall–Kier alpha value is -2.71. The molecule has 1 aromatic heterocycles. The number of nitrogens with zero attached hydrogens (tertiary/aromatic N) is 3. The minimum atomic E-state index is -0.109. The molecule has 1 aliphatic heterocycles. The molecule has 1 unspecified atom stereocenters. The largest absolute Gasteiger partial charge is 0.488 e. The summed E-state index contributed by atoms with van der Waals surface area (Å²) in [5.74, 6) is 1.39. The van der Waals surface area contributed by atoms with Crippen LogP contribution in [0.15, 0.2) is 30.6 Å². The van der Waals surface area contributed by atoms with Crippen LogP contribution in [0, 0.1) is 0 Å². The lowest BCUT2D eigenvalue weighted by Gasteiger charge is -2.30. The maximum absolute atomic E-state index is 12.2. The summed E-state index contributed by atoms with van der Waals surface area (Å²) in [5, 5.41) is 0. The summed E-state index contributed by atoms with van der Waals surface area (Å²) >= 11 is 0. The second kappa shape index (κ2) is 9.48. The van der Waals surface area contributed by atoms with Gasteiger partial charge in [0.2, 0.25) is 5.88 Å². The molecule has 1 amide bonds. The van der Waals surface area contributed by atoms with E-state index in [-0.39, 0.29) is 12.0 Å². The van der Waals surface area contributed by atoms with Crippen LogP contribution in [0.25, 0.3) is 0 Å². The molecule has 0 N–H and O–H groups in total. The van der Waals surface area contributed by atoms with E-state index >= 15 is 0 Å². The molecule has 0 radical (unpaired) electrons. The number of likely N-dealkylation sites (tertiary alicyclic amines) is 1. The van der Waals surface area contributed by atoms with Crippen LogP contribution in [-0.2, 0) is 16.1 Å². The maximum atomic E-state index is 12.2. The van der Waals surface area contributed by atoms with Gasteiger partial charge >= 0.3 is 0 Å². The second-order valence-electron chi connectivity index (χ2n) is 6.62. The summed E-state index contributed by atoms with van der Waals surface area (Å²) in [6.45, 7) is 4.36. The van der Waals surface area contributed by atoms with Gasteiger partial charge < -0.3 is 23.8 Å². The van der Waals surface area contributed by atoms with E-state index in [9.17, 15) is 4.79 Å². The van der Waals surface area contributed by atoms with Gasteiger partial charge in [-0.1, -0.05) is 0 Å². The van der Waals surface area contributed by atoms with Crippen molar-refractivity contribution in [1.29, 1.82) is 0 Å². The van der Waals surface area contributed by atoms with Gasteiger partial charge in [0.25, 0.3) is 5.91 Å². The number of carbonyl (C=O) groups excluding carboxylic acids is 1. The fraction of sp³-hybridized carbons (Fsp3) is 0.450. The molecule has 8 heteroatoms. The van der Waals surface area contributed by atoms with Crippen molar-refractivity contribution in [2.24, 2.45) is 0 Å². The predicted molar refractivity (Wildman–Crippen MR) is 102 cm³/mol. The van der Waals surface area contributed by atoms with Crippen molar-refractivity contribution in [3.05, 3.63) is 41.9 Å². The summed E-state index contributed by atoms with van der Waals surface area (Å²) in [4.78, 5) is 22.3. The number of carbonyl (C=O) groups is 1. The standard InChI is InChI=1S/C20H25N3O5/c1-14(12-25-2)27-16-7-15(13-26-3)8-17(9-16)28-19-11-21-18(10-22-19)20(24)23-5-4-6-23/h7-11,14H,4-6,12-13H2,1-3H3. The van der Waals surface area contributed by atoms with Crippen LogP contribution in [0.5, 0.6) is 17.4 Å². The van der Waals surface area contributed by atoms with Crippen molar-refractivity contribution in [3.63, 3.8) is 0 Å². The van der Waals surface area contributed by atoms with Crippen LogP contribution in [0.1, 0.15) is 29.4 Å². The minimum Gasteiger partial charge on any atom is -0.488 e. The lowest BCUT2D eigenvalue weighted by Crippen LogP contribution is -2.42. The SMILES string of the molecule is COCc1cc(Oc2cnc(C(=O)N3CCC3)cn2)cc(OC(C)COC)c1. The van der Waals surface area contributed by atoms with Crippen molar-refractivity contribution in [3.8, 4) is 17.4 Å². The van der Waals surface area contributed by atoms with Gasteiger partial charge in [-0.15, -0.1) is 0 Å². The molecule has 1 fully saturated rings. The Morgan fingerprint density at radius 1 is 1.11 bits per heavy atom. The molecule has 28 heavy (non-hydrogen) atoms. The number of hydrogen-bond acceptors (Lipinski definition) is 7. The monoisotopic (exact) mass is 387 g/mol. The first-order valence-electron chi connectivity index (χ1n) is 9.16. The number of aromatic nitrogens is 2. The lowest BCUT2D eigenvalue weighted by molar-refractivity contribution is 0.0645. The van der Waals surface area contributed by atoms with E-state index in [2.05, 4.69) is 9.97 Å². The molecule has 0 saturated carbocycles. The van der Waals surface area contributed by atoms with E-state index < -0.39 is 0 Å². The van der Waals surface area contributed by atoms with Gasteiger partial charge in [-0.3, -0.25) is 4.79 Å². The summed E-state index contributed by atoms with van der Waals surface area (Å²) in [6.07, 6.45) is 3.81. The van der Waals surface area contributed by atoms with Crippen LogP contribution in [-0.4, -0.2) is 60.8 Å². The zero-order valence-corrected chi connectivity index (χ0v) is 16.4. The Bertz CT molecular complexity index is 793. The van der Waals surface area contributed by atoms with Crippen molar-refractivity contribution in [1.82, 2.24) is 14.9 Å². The van der Waals surface area contributed by atoms with Gasteiger partial charge in [-0.05, 0) is 31.0 Å². The number of benzene rings is 1. The van der Waals surface area contributed by atoms with Gasteiger partial charge in [0.05, 0.1) is 25.6 Å². The van der Waals surface area contributed by atoms with E-state index in [1.165, 1.54) is 12.4 Å². The number of rotatable bonds is 9. The highest BCUT2D eigenvalue weighted by atomic mass is 16.5. The molecule has 0 aliphatic carbocycles. The van der Waals surface area contributed by atoms with Crippen molar-refractivity contribution < 1.29 is 23.7 Å². The first kappa shape index (κ1) is 20.0. The predicted octanol–water partition coefficient (Wildman–Crippen LogP) is 2.67. The van der Waals surface area contributed by atoms with E-state index in [0.717, 1.165) is 25.1 Å². The van der Waals surface area contributed by atoms with Crippen molar-refractivity contribution in [2.45, 2.75) is 26.1 Å². The van der Waals surface area contributed by atoms with Crippen LogP contribution < -0.4 is 9.47 Å². The van der Waals surface area contributed by atoms with E-state index in [4.69, 9.17) is 18.9 Å². The smallest absolute Gasteiger partial charge is 0.274 e. The molecule has 3 rings (SSSR count). The molecular formula is C20H25N3O5. The van der Waals surface area contributed by atoms with Gasteiger partial charge in [0.15, 0.2) is 0 Å². The maximum Gasteiger partial charge on any atom is 0.274 e. The lowest BCUT2D eigenvalue weighted by atomic mass is 10.2. The van der Waals surface area contributed by atoms with Gasteiger partial charge in [0.1, 0.15) is 23.3 Å². The first-order valence-corrected chi connectivity index (χ1v) is 9.16. The zero-order valence-electron chi connectivity index (χ0n) is 16.4. The molecule has 150 valence electrons. The number of hydrogen-bond donors (Lipinski definition) is 0. The Kier molecular flexibility index (Phi) is 6.78. The average Bonchev–Trinajstić information content (AvgIpc) is 2.61. The van der Waals surface area contributed by atoms with Crippen molar-refractivity contribution >= 4 is 5.91 Å². The molecule has 8 nitrogen and oxygen atoms in total. The normalized spacial score (nSPS) is 14.3. The van der Waals surface area contributed by atoms with E-state index in [1.807, 2.05) is 19.1 Å². The van der Waals surface area contributed by atoms with Gasteiger partial charge in [0, 0.05) is 33.4 Å². The Morgan fingerprint density at radius 3 is 2.50 bits per heavy atom. The molecule has 0 spiro atoms. The van der Waals surface area contributed by atoms with E-state index in [1.54, 1.807) is 25.2 Å². The van der Waals surface area contributed by atoms with Gasteiger partial charge in [-0.25, -0.2) is 9.97 Å². The molecule has 2 aromatic rings. The van der Waals surface area contributed by atoms with Gasteiger partial charge in [-0.2, -0.15) is 0 Å². The van der Waals surface area contributed by atoms with E-state index in [0.29, 0.717) is 36.3 Å². The summed E-state index contributed by atoms with van der Waals surface area (Å²) < 4.78 is 22.0. The van der Waals surface area contributed by atoms with Crippen LogP contribution in [0.3, 0.4) is 0 Å². The third-order valence-electron chi connectivity index (χ3n) is 4.20. The molecule has 1 saturated heterocycles. The number of methoxy groups -OCH3 is 2. The molecule has 2 heterocycles. The van der Waals surface area contributed by atoms with Crippen LogP contribution in [0.2, 0.25) is 0 Å². The zero-order chi connectivity index (χ0) is 19.9. The third-order valence-corrected chi connectivity index (χ3v) is 4.20. The number of amides is 1. The third kappa shape index (κ3) is 5.17. The summed E-state index contributed by atoms with van der Waals surface area (Å²) in [6, 6.07) is 5.51. The Balaban J connectivity index is 1.72. The minimum absolute atomic E-state index is 0.102. The topological polar surface area (TPSA) is 83.0 Å². The fourth-order valence-corrected chi connectivity index (χ4v) is 2.79. The highest BCUT2D eigenvalue weighted by Crippen LogP contribution is 2.27. The molecular weight excluding hydrogens is 362 g/mol. The van der Waals surface area contributed by atoms with Crippen molar-refractivity contribution in [2.75, 3.05) is 33.9 Å². The average molecular weight is 387 g/mol. The summed E-state index contributed by atoms with van der Waals surface area (Å²) in [5.41, 5.74) is 1.22. The molecule has 0 bridgehead atoms. The fourth-order valence-electron chi connectivity index (χ4n) is 2.79. The quantitative estimate of drug-likeness (QED) is 0.654. The molecule has 1 aromatic carbocycles. The highest BCUT2D eigenvalue weighted by molar-refractivity contribution is 5.92. The Morgan fingerprint density at radius 2 is 1.89 bits per heavy atom.